The number of amides is 1. The molecule has 3 aromatic carbocycles. The molecule has 3 aromatic rings. The van der Waals surface area contributed by atoms with Crippen LogP contribution in [-0.4, -0.2) is 5.91 Å². The van der Waals surface area contributed by atoms with Gasteiger partial charge in [0.05, 0.1) is 11.1 Å². The second kappa shape index (κ2) is 6.99. The largest absolute Gasteiger partial charge is 0.280 e. The molecule has 2 nitrogen and oxygen atoms in total. The first-order valence-corrected chi connectivity index (χ1v) is 10.7. The summed E-state index contributed by atoms with van der Waals surface area (Å²) in [5.41, 5.74) is 6.56. The molecule has 4 rings (SSSR count). The molecule has 1 atom stereocenters. The van der Waals surface area contributed by atoms with E-state index in [-0.39, 0.29) is 11.3 Å². The number of benzene rings is 3. The highest BCUT2D eigenvalue weighted by molar-refractivity contribution is 6.31. The fourth-order valence-electron chi connectivity index (χ4n) is 4.45. The minimum Gasteiger partial charge on any atom is -0.280 e. The van der Waals surface area contributed by atoms with Crippen molar-refractivity contribution in [2.45, 2.75) is 52.4 Å². The van der Waals surface area contributed by atoms with Crippen molar-refractivity contribution in [1.29, 1.82) is 0 Å². The zero-order valence-corrected chi connectivity index (χ0v) is 19.3. The molecule has 0 fully saturated rings. The molecular formula is C27H28ClNO. The van der Waals surface area contributed by atoms with Crippen molar-refractivity contribution >= 4 is 28.9 Å². The molecule has 0 aromatic heterocycles. The van der Waals surface area contributed by atoms with Crippen LogP contribution < -0.4 is 4.90 Å². The van der Waals surface area contributed by atoms with Gasteiger partial charge in [-0.3, -0.25) is 9.69 Å². The van der Waals surface area contributed by atoms with Gasteiger partial charge in [-0.2, -0.15) is 0 Å². The topological polar surface area (TPSA) is 20.3 Å². The first-order chi connectivity index (χ1) is 14.0. The van der Waals surface area contributed by atoms with Gasteiger partial charge in [-0.05, 0) is 78.8 Å². The van der Waals surface area contributed by atoms with Crippen LogP contribution in [-0.2, 0) is 15.6 Å². The van der Waals surface area contributed by atoms with Crippen molar-refractivity contribution < 1.29 is 4.79 Å². The highest BCUT2D eigenvalue weighted by atomic mass is 35.5. The first-order valence-electron chi connectivity index (χ1n) is 10.4. The molecule has 0 N–H and O–H groups in total. The standard InChI is InChI=1S/C27H28ClNO/c1-17-7-11-21(12-8-17)29-24-14-10-20(28)16-23(24)27(6,25(29)30)22-13-9-19(15-18(22)2)26(3,4)5/h7-16H,1-6H3. The van der Waals surface area contributed by atoms with Crippen LogP contribution in [0.4, 0.5) is 11.4 Å². The fraction of sp³-hybridized carbons (Fsp3) is 0.296. The lowest BCUT2D eigenvalue weighted by Gasteiger charge is -2.28. The van der Waals surface area contributed by atoms with Crippen molar-refractivity contribution in [3.05, 3.63) is 93.5 Å². The minimum atomic E-state index is -0.800. The third-order valence-corrected chi connectivity index (χ3v) is 6.53. The van der Waals surface area contributed by atoms with Gasteiger partial charge in [-0.1, -0.05) is 68.3 Å². The number of halogens is 1. The molecule has 1 aliphatic rings. The number of anilines is 2. The number of carbonyl (C=O) groups excluding carboxylic acids is 1. The van der Waals surface area contributed by atoms with E-state index >= 15 is 0 Å². The summed E-state index contributed by atoms with van der Waals surface area (Å²) in [6, 6.07) is 20.3. The lowest BCUT2D eigenvalue weighted by Crippen LogP contribution is -2.37. The monoisotopic (exact) mass is 417 g/mol. The lowest BCUT2D eigenvalue weighted by atomic mass is 9.74. The summed E-state index contributed by atoms with van der Waals surface area (Å²) < 4.78 is 0. The summed E-state index contributed by atoms with van der Waals surface area (Å²) in [6.45, 7) is 12.8. The van der Waals surface area contributed by atoms with E-state index in [1.54, 1.807) is 0 Å². The molecule has 1 unspecified atom stereocenters. The zero-order chi connectivity index (χ0) is 21.8. The molecule has 0 saturated carbocycles. The van der Waals surface area contributed by atoms with E-state index in [0.29, 0.717) is 5.02 Å². The van der Waals surface area contributed by atoms with E-state index in [1.807, 2.05) is 61.2 Å². The average Bonchev–Trinajstić information content (AvgIpc) is 2.90. The molecule has 0 radical (unpaired) electrons. The van der Waals surface area contributed by atoms with Crippen LogP contribution >= 0.6 is 11.6 Å². The summed E-state index contributed by atoms with van der Waals surface area (Å²) in [4.78, 5) is 15.8. The van der Waals surface area contributed by atoms with E-state index in [1.165, 1.54) is 5.56 Å². The van der Waals surface area contributed by atoms with Gasteiger partial charge in [0.25, 0.3) is 0 Å². The maximum Gasteiger partial charge on any atom is 0.246 e. The molecule has 1 heterocycles. The Hall–Kier alpha value is -2.58. The Morgan fingerprint density at radius 3 is 2.13 bits per heavy atom. The highest BCUT2D eigenvalue weighted by Crippen LogP contribution is 2.50. The van der Waals surface area contributed by atoms with Crippen molar-refractivity contribution in [3.8, 4) is 0 Å². The predicted octanol–water partition coefficient (Wildman–Crippen LogP) is 7.24. The Morgan fingerprint density at radius 2 is 1.53 bits per heavy atom. The fourth-order valence-corrected chi connectivity index (χ4v) is 4.63. The summed E-state index contributed by atoms with van der Waals surface area (Å²) in [6.07, 6.45) is 0. The summed E-state index contributed by atoms with van der Waals surface area (Å²) in [5, 5.41) is 0.641. The number of carbonyl (C=O) groups is 1. The maximum atomic E-state index is 14.0. The first kappa shape index (κ1) is 20.7. The van der Waals surface area contributed by atoms with Gasteiger partial charge in [-0.25, -0.2) is 0 Å². The predicted molar refractivity (Wildman–Crippen MR) is 126 cm³/mol. The normalized spacial score (nSPS) is 18.6. The van der Waals surface area contributed by atoms with Gasteiger partial charge in [0.1, 0.15) is 0 Å². The summed E-state index contributed by atoms with van der Waals surface area (Å²) in [7, 11) is 0. The Bertz CT molecular complexity index is 1140. The molecule has 30 heavy (non-hydrogen) atoms. The highest BCUT2D eigenvalue weighted by Gasteiger charge is 2.50. The molecule has 0 bridgehead atoms. The van der Waals surface area contributed by atoms with Crippen LogP contribution in [0.2, 0.25) is 5.02 Å². The van der Waals surface area contributed by atoms with Crippen LogP contribution in [0.25, 0.3) is 0 Å². The molecule has 0 saturated heterocycles. The SMILES string of the molecule is Cc1ccc(N2C(=O)C(C)(c3ccc(C(C)(C)C)cc3C)c3cc(Cl)ccc32)cc1. The molecule has 1 aliphatic heterocycles. The van der Waals surface area contributed by atoms with Crippen LogP contribution in [0.15, 0.2) is 60.7 Å². The average molecular weight is 418 g/mol. The summed E-state index contributed by atoms with van der Waals surface area (Å²) in [5.74, 6) is 0.0511. The molecule has 1 amide bonds. The molecule has 154 valence electrons. The molecule has 0 spiro atoms. The van der Waals surface area contributed by atoms with Crippen molar-refractivity contribution in [3.63, 3.8) is 0 Å². The van der Waals surface area contributed by atoms with Crippen LogP contribution in [0, 0.1) is 13.8 Å². The number of fused-ring (bicyclic) bond motifs is 1. The van der Waals surface area contributed by atoms with Crippen molar-refractivity contribution in [2.24, 2.45) is 0 Å². The van der Waals surface area contributed by atoms with Gasteiger partial charge in [0.2, 0.25) is 5.91 Å². The number of hydrogen-bond donors (Lipinski definition) is 0. The Labute approximate surface area is 184 Å². The number of hydrogen-bond acceptors (Lipinski definition) is 1. The quantitative estimate of drug-likeness (QED) is 0.430. The van der Waals surface area contributed by atoms with Crippen LogP contribution in [0.5, 0.6) is 0 Å². The maximum absolute atomic E-state index is 14.0. The van der Waals surface area contributed by atoms with Gasteiger partial charge < -0.3 is 0 Å². The smallest absolute Gasteiger partial charge is 0.246 e. The van der Waals surface area contributed by atoms with Crippen LogP contribution in [0.3, 0.4) is 0 Å². The number of nitrogens with zero attached hydrogens (tertiary/aromatic N) is 1. The minimum absolute atomic E-state index is 0.0511. The molecule has 0 aliphatic carbocycles. The van der Waals surface area contributed by atoms with Gasteiger partial charge in [0.15, 0.2) is 0 Å². The van der Waals surface area contributed by atoms with Crippen molar-refractivity contribution in [2.75, 3.05) is 4.90 Å². The second-order valence-electron chi connectivity index (χ2n) is 9.54. The van der Waals surface area contributed by atoms with Crippen molar-refractivity contribution in [1.82, 2.24) is 0 Å². The van der Waals surface area contributed by atoms with Gasteiger partial charge in [0, 0.05) is 10.7 Å². The van der Waals surface area contributed by atoms with Gasteiger partial charge in [-0.15, -0.1) is 0 Å². The lowest BCUT2D eigenvalue weighted by molar-refractivity contribution is -0.120. The second-order valence-corrected chi connectivity index (χ2v) is 9.98. The Morgan fingerprint density at radius 1 is 0.867 bits per heavy atom. The van der Waals surface area contributed by atoms with E-state index in [0.717, 1.165) is 33.6 Å². The zero-order valence-electron chi connectivity index (χ0n) is 18.5. The van der Waals surface area contributed by atoms with E-state index in [9.17, 15) is 4.79 Å². The van der Waals surface area contributed by atoms with Crippen LogP contribution in [0.1, 0.15) is 55.5 Å². The number of aryl methyl sites for hydroxylation is 2. The van der Waals surface area contributed by atoms with E-state index in [2.05, 4.69) is 45.9 Å². The van der Waals surface area contributed by atoms with Gasteiger partial charge >= 0.3 is 0 Å². The van der Waals surface area contributed by atoms with E-state index < -0.39 is 5.41 Å². The van der Waals surface area contributed by atoms with E-state index in [4.69, 9.17) is 11.6 Å². The molecule has 3 heteroatoms. The Kier molecular flexibility index (Phi) is 4.82. The summed E-state index contributed by atoms with van der Waals surface area (Å²) >= 11 is 6.40. The third kappa shape index (κ3) is 3.15. The Balaban J connectivity index is 1.93. The molecular weight excluding hydrogens is 390 g/mol. The third-order valence-electron chi connectivity index (χ3n) is 6.29. The number of rotatable bonds is 2.